The third-order valence-corrected chi connectivity index (χ3v) is 8.48. The van der Waals surface area contributed by atoms with Gasteiger partial charge < -0.3 is 14.0 Å². The zero-order valence-corrected chi connectivity index (χ0v) is 24.6. The number of alkyl halides is 3. The molecule has 0 saturated heterocycles. The average Bonchev–Trinajstić information content (AvgIpc) is 3.47. The molecule has 13 heteroatoms. The lowest BCUT2D eigenvalue weighted by Crippen LogP contribution is -2.22. The van der Waals surface area contributed by atoms with Gasteiger partial charge >= 0.3 is 6.18 Å². The minimum Gasteiger partial charge on any atom is -0.493 e. The maximum Gasteiger partial charge on any atom is 0.418 e. The molecule has 0 radical (unpaired) electrons. The maximum atomic E-state index is 14.0. The van der Waals surface area contributed by atoms with E-state index in [0.29, 0.717) is 29.0 Å². The molecule has 4 rings (SSSR count). The molecule has 0 unspecified atom stereocenters. The zero-order valence-electron chi connectivity index (χ0n) is 22.0. The fourth-order valence-corrected chi connectivity index (χ4v) is 5.33. The highest BCUT2D eigenvalue weighted by Crippen LogP contribution is 2.34. The summed E-state index contributed by atoms with van der Waals surface area (Å²) >= 11 is 3.38. The van der Waals surface area contributed by atoms with E-state index in [9.17, 15) is 18.0 Å². The van der Waals surface area contributed by atoms with Gasteiger partial charge in [0.1, 0.15) is 12.4 Å². The van der Waals surface area contributed by atoms with E-state index >= 15 is 0 Å². The first-order chi connectivity index (χ1) is 17.8. The van der Waals surface area contributed by atoms with Gasteiger partial charge in [-0.2, -0.15) is 18.3 Å². The minimum atomic E-state index is -4.57. The quantitative estimate of drug-likeness (QED) is 0.174. The first-order valence-electron chi connectivity index (χ1n) is 12.1. The van der Waals surface area contributed by atoms with Crippen LogP contribution in [0.25, 0.3) is 10.9 Å². The van der Waals surface area contributed by atoms with Crippen LogP contribution in [0.5, 0.6) is 5.75 Å². The van der Waals surface area contributed by atoms with Crippen molar-refractivity contribution in [2.75, 3.05) is 13.7 Å². The van der Waals surface area contributed by atoms with Crippen LogP contribution in [-0.2, 0) is 37.8 Å². The predicted molar refractivity (Wildman–Crippen MR) is 145 cm³/mol. The topological polar surface area (TPSA) is 68.1 Å². The van der Waals surface area contributed by atoms with Gasteiger partial charge in [-0.3, -0.25) is 14.2 Å². The smallest absolute Gasteiger partial charge is 0.418 e. The maximum absolute atomic E-state index is 14.0. The Bertz CT molecular complexity index is 1500. The molecule has 0 aliphatic heterocycles. The van der Waals surface area contributed by atoms with E-state index in [-0.39, 0.29) is 30.9 Å². The van der Waals surface area contributed by atoms with Crippen molar-refractivity contribution >= 4 is 34.9 Å². The highest BCUT2D eigenvalue weighted by Gasteiger charge is 2.35. The van der Waals surface area contributed by atoms with Crippen molar-refractivity contribution in [2.45, 2.75) is 51.7 Å². The Kier molecular flexibility index (Phi) is 8.01. The van der Waals surface area contributed by atoms with Gasteiger partial charge in [0.25, 0.3) is 5.56 Å². The minimum absolute atomic E-state index is 0.0399. The summed E-state index contributed by atoms with van der Waals surface area (Å²) in [6.07, 6.45) is -0.382. The molecule has 1 aromatic carbocycles. The van der Waals surface area contributed by atoms with Crippen LogP contribution in [-0.4, -0.2) is 45.5 Å². The third kappa shape index (κ3) is 6.26. The molecule has 0 fully saturated rings. The predicted octanol–water partition coefficient (Wildman–Crippen LogP) is 5.54. The van der Waals surface area contributed by atoms with Crippen LogP contribution in [0.4, 0.5) is 13.2 Å². The van der Waals surface area contributed by atoms with Crippen molar-refractivity contribution in [3.8, 4) is 5.75 Å². The molecule has 0 aliphatic rings. The molecule has 38 heavy (non-hydrogen) atoms. The average molecular weight is 615 g/mol. The van der Waals surface area contributed by atoms with Gasteiger partial charge in [-0.15, -0.1) is 0 Å². The van der Waals surface area contributed by atoms with Gasteiger partial charge in [-0.05, 0) is 24.2 Å². The van der Waals surface area contributed by atoms with Crippen molar-refractivity contribution in [1.29, 1.82) is 0 Å². The molecule has 8 nitrogen and oxygen atoms in total. The Hall–Kier alpha value is -2.77. The summed E-state index contributed by atoms with van der Waals surface area (Å²) in [6.45, 7) is 7.59. The molecule has 3 aromatic heterocycles. The number of ether oxygens (including phenoxy) is 2. The van der Waals surface area contributed by atoms with Gasteiger partial charge in [0.15, 0.2) is 5.75 Å². The molecule has 0 saturated carbocycles. The lowest BCUT2D eigenvalue weighted by molar-refractivity contribution is -0.138. The fourth-order valence-electron chi connectivity index (χ4n) is 4.22. The van der Waals surface area contributed by atoms with Crippen LogP contribution >= 0.6 is 15.9 Å². The Balaban J connectivity index is 1.61. The number of fused-ring (bicyclic) bond motifs is 1. The van der Waals surface area contributed by atoms with Gasteiger partial charge in [0.2, 0.25) is 0 Å². The Morgan fingerprint density at radius 3 is 2.50 bits per heavy atom. The monoisotopic (exact) mass is 613 g/mol. The molecule has 0 aliphatic carbocycles. The van der Waals surface area contributed by atoms with Crippen molar-refractivity contribution in [3.63, 3.8) is 0 Å². The van der Waals surface area contributed by atoms with Crippen LogP contribution in [0, 0.1) is 0 Å². The van der Waals surface area contributed by atoms with E-state index in [2.05, 4.69) is 40.7 Å². The number of hydrogen-bond donors (Lipinski definition) is 0. The van der Waals surface area contributed by atoms with Crippen LogP contribution in [0.2, 0.25) is 25.7 Å². The van der Waals surface area contributed by atoms with Crippen molar-refractivity contribution < 1.29 is 22.6 Å². The largest absolute Gasteiger partial charge is 0.493 e. The zero-order chi connectivity index (χ0) is 27.8. The van der Waals surface area contributed by atoms with Crippen molar-refractivity contribution in [3.05, 3.63) is 68.4 Å². The SMILES string of the molecule is COc1cn(COCC[Si](C)(C)C)nc1Cn1cc(Cn2c3cc(Br)ccc3c(=O)n2C)c(C(F)(F)F)c1. The number of rotatable bonds is 10. The summed E-state index contributed by atoms with van der Waals surface area (Å²) in [5.74, 6) is 0.464. The molecule has 0 spiro atoms. The lowest BCUT2D eigenvalue weighted by Gasteiger charge is -2.15. The fraction of sp³-hybridized carbons (Fsp3) is 0.440. The Labute approximate surface area is 227 Å². The van der Waals surface area contributed by atoms with E-state index in [1.54, 1.807) is 40.8 Å². The van der Waals surface area contributed by atoms with E-state index in [4.69, 9.17) is 9.47 Å². The Morgan fingerprint density at radius 1 is 1.11 bits per heavy atom. The first kappa shape index (κ1) is 28.2. The second kappa shape index (κ2) is 10.8. The summed E-state index contributed by atoms with van der Waals surface area (Å²) in [4.78, 5) is 12.7. The van der Waals surface area contributed by atoms with E-state index in [1.165, 1.54) is 22.6 Å². The van der Waals surface area contributed by atoms with Crippen molar-refractivity contribution in [1.82, 2.24) is 23.7 Å². The highest BCUT2D eigenvalue weighted by atomic mass is 79.9. The number of nitrogens with zero attached hydrogens (tertiary/aromatic N) is 5. The standard InChI is InChI=1S/C25H31BrF3N5O3Si/c1-31-24(35)19-7-6-18(26)10-22(19)34(31)12-17-11-32(13-20(17)25(27,28)29)14-21-23(36-2)15-33(30-21)16-37-8-9-38(3,4)5/h6-7,10-11,13,15H,8-9,12,14,16H2,1-5H3. The molecule has 0 N–H and O–H groups in total. The summed E-state index contributed by atoms with van der Waals surface area (Å²) < 4.78 is 59.9. The van der Waals surface area contributed by atoms with E-state index < -0.39 is 19.8 Å². The highest BCUT2D eigenvalue weighted by molar-refractivity contribution is 9.10. The molecule has 0 atom stereocenters. The van der Waals surface area contributed by atoms with Crippen LogP contribution in [0.1, 0.15) is 16.8 Å². The molecule has 0 amide bonds. The van der Waals surface area contributed by atoms with Crippen LogP contribution in [0.15, 0.2) is 46.1 Å². The summed E-state index contributed by atoms with van der Waals surface area (Å²) in [6, 6.07) is 6.13. The molecule has 4 aromatic rings. The first-order valence-corrected chi connectivity index (χ1v) is 16.6. The number of benzene rings is 1. The normalized spacial score (nSPS) is 12.6. The third-order valence-electron chi connectivity index (χ3n) is 6.28. The number of methoxy groups -OCH3 is 1. The molecular weight excluding hydrogens is 583 g/mol. The lowest BCUT2D eigenvalue weighted by atomic mass is 10.2. The number of hydrogen-bond acceptors (Lipinski definition) is 4. The van der Waals surface area contributed by atoms with Gasteiger partial charge in [0.05, 0.1) is 42.9 Å². The number of aromatic nitrogens is 5. The van der Waals surface area contributed by atoms with Crippen LogP contribution in [0.3, 0.4) is 0 Å². The van der Waals surface area contributed by atoms with Crippen LogP contribution < -0.4 is 10.3 Å². The molecule has 3 heterocycles. The second-order valence-corrected chi connectivity index (χ2v) is 17.0. The molecular formula is C25H31BrF3N5O3Si. The van der Waals surface area contributed by atoms with E-state index in [1.807, 2.05) is 0 Å². The van der Waals surface area contributed by atoms with E-state index in [0.717, 1.165) is 16.7 Å². The summed E-state index contributed by atoms with van der Waals surface area (Å²) in [5, 5.41) is 4.92. The molecule has 0 bridgehead atoms. The second-order valence-electron chi connectivity index (χ2n) is 10.4. The van der Waals surface area contributed by atoms with Gasteiger partial charge in [0, 0.05) is 44.2 Å². The summed E-state index contributed by atoms with van der Waals surface area (Å²) in [5.41, 5.74) is 0.0253. The Morgan fingerprint density at radius 2 is 1.84 bits per heavy atom. The van der Waals surface area contributed by atoms with Crippen molar-refractivity contribution in [2.24, 2.45) is 7.05 Å². The van der Waals surface area contributed by atoms with Gasteiger partial charge in [-0.1, -0.05) is 35.6 Å². The number of halogens is 4. The van der Waals surface area contributed by atoms with Gasteiger partial charge in [-0.25, -0.2) is 4.68 Å². The molecule has 206 valence electrons. The summed E-state index contributed by atoms with van der Waals surface area (Å²) in [7, 11) is 1.82.